The van der Waals surface area contributed by atoms with Crippen LogP contribution in [0.4, 0.5) is 0 Å². The van der Waals surface area contributed by atoms with Crippen LogP contribution in [-0.2, 0) is 0 Å². The van der Waals surface area contributed by atoms with E-state index < -0.39 is 5.92 Å². The minimum Gasteiger partial charge on any atom is -0.497 e. The lowest BCUT2D eigenvalue weighted by Crippen LogP contribution is -2.16. The van der Waals surface area contributed by atoms with E-state index in [4.69, 9.17) is 4.74 Å². The fourth-order valence-electron chi connectivity index (χ4n) is 2.42. The minimum atomic E-state index is -0.454. The first-order valence-corrected chi connectivity index (χ1v) is 7.35. The maximum Gasteiger partial charge on any atom is 0.211 e. The van der Waals surface area contributed by atoms with Crippen LogP contribution in [0, 0.1) is 17.0 Å². The van der Waals surface area contributed by atoms with Gasteiger partial charge in [0.25, 0.3) is 0 Å². The summed E-state index contributed by atoms with van der Waals surface area (Å²) in [5.41, 5.74) is 2.42. The number of aryl methyl sites for hydroxylation is 1. The molecular weight excluding hydrogens is 294 g/mol. The maximum absolute atomic E-state index is 12.4. The number of hydrogen-bond donors (Lipinski definition) is 0. The van der Waals surface area contributed by atoms with Gasteiger partial charge < -0.3 is 4.74 Å². The molecule has 1 atom stereocenters. The molecule has 0 aliphatic carbocycles. The van der Waals surface area contributed by atoms with Gasteiger partial charge in [0.05, 0.1) is 13.0 Å². The average molecular weight is 313 g/mol. The number of carbonyl (C=O) groups excluding carboxylic acids is 1. The summed E-state index contributed by atoms with van der Waals surface area (Å²) in [5, 5.41) is 10.9. The molecule has 5 nitrogen and oxygen atoms in total. The molecule has 0 N–H and O–H groups in total. The van der Waals surface area contributed by atoms with Crippen LogP contribution in [0.1, 0.15) is 33.8 Å². The molecule has 0 saturated heterocycles. The molecule has 0 aliphatic rings. The third kappa shape index (κ3) is 4.64. The number of ether oxygens (including phenoxy) is 1. The van der Waals surface area contributed by atoms with Crippen molar-refractivity contribution >= 4 is 5.78 Å². The quantitative estimate of drug-likeness (QED) is 0.444. The van der Waals surface area contributed by atoms with Gasteiger partial charge in [-0.15, -0.1) is 0 Å². The van der Waals surface area contributed by atoms with E-state index >= 15 is 0 Å². The molecule has 0 saturated carbocycles. The molecule has 23 heavy (non-hydrogen) atoms. The first-order valence-electron chi connectivity index (χ1n) is 7.35. The minimum absolute atomic E-state index is 0.0901. The van der Waals surface area contributed by atoms with E-state index in [0.717, 1.165) is 11.1 Å². The van der Waals surface area contributed by atoms with E-state index in [0.29, 0.717) is 11.3 Å². The summed E-state index contributed by atoms with van der Waals surface area (Å²) < 4.78 is 5.09. The van der Waals surface area contributed by atoms with Gasteiger partial charge in [-0.25, -0.2) is 0 Å². The van der Waals surface area contributed by atoms with Gasteiger partial charge in [-0.05, 0) is 24.6 Å². The van der Waals surface area contributed by atoms with Crippen LogP contribution >= 0.6 is 0 Å². The van der Waals surface area contributed by atoms with E-state index in [1.165, 1.54) is 0 Å². The van der Waals surface area contributed by atoms with Crippen molar-refractivity contribution in [3.8, 4) is 5.75 Å². The molecule has 2 aromatic rings. The molecule has 0 heterocycles. The number of rotatable bonds is 7. The molecule has 0 amide bonds. The third-order valence-electron chi connectivity index (χ3n) is 3.76. The van der Waals surface area contributed by atoms with E-state index in [1.54, 1.807) is 43.5 Å². The van der Waals surface area contributed by atoms with Crippen LogP contribution in [0.25, 0.3) is 0 Å². The van der Waals surface area contributed by atoms with Gasteiger partial charge in [0.15, 0.2) is 5.78 Å². The number of nitro groups is 1. The number of Topliss-reactive ketones (excluding diaryl/α,β-unsaturated/α-hetero) is 1. The standard InChI is InChI=1S/C18H19NO4/c1-13-3-5-15(6-4-13)18(20)11-16(12-19(21)22)14-7-9-17(23-2)10-8-14/h3-10,16H,11-12H2,1-2H3. The van der Waals surface area contributed by atoms with Gasteiger partial charge in [0.1, 0.15) is 5.75 Å². The zero-order valence-corrected chi connectivity index (χ0v) is 13.2. The lowest BCUT2D eigenvalue weighted by Gasteiger charge is -2.13. The smallest absolute Gasteiger partial charge is 0.211 e. The Morgan fingerprint density at radius 2 is 1.74 bits per heavy atom. The molecule has 5 heteroatoms. The Bertz CT molecular complexity index is 677. The zero-order valence-electron chi connectivity index (χ0n) is 13.2. The fraction of sp³-hybridized carbons (Fsp3) is 0.278. The first-order chi connectivity index (χ1) is 11.0. The summed E-state index contributed by atoms with van der Waals surface area (Å²) in [5.74, 6) is 0.135. The number of benzene rings is 2. The van der Waals surface area contributed by atoms with Crippen molar-refractivity contribution in [2.24, 2.45) is 0 Å². The Balaban J connectivity index is 2.18. The van der Waals surface area contributed by atoms with Crippen molar-refractivity contribution in [1.82, 2.24) is 0 Å². The lowest BCUT2D eigenvalue weighted by molar-refractivity contribution is -0.483. The summed E-state index contributed by atoms with van der Waals surface area (Å²) in [6, 6.07) is 14.3. The van der Waals surface area contributed by atoms with Crippen LogP contribution in [0.2, 0.25) is 0 Å². The molecule has 0 aliphatic heterocycles. The van der Waals surface area contributed by atoms with E-state index in [1.807, 2.05) is 19.1 Å². The first kappa shape index (κ1) is 16.7. The topological polar surface area (TPSA) is 69.4 Å². The molecule has 2 aromatic carbocycles. The molecule has 0 aromatic heterocycles. The largest absolute Gasteiger partial charge is 0.497 e. The fourth-order valence-corrected chi connectivity index (χ4v) is 2.42. The third-order valence-corrected chi connectivity index (χ3v) is 3.76. The second-order valence-corrected chi connectivity index (χ2v) is 5.48. The number of carbonyl (C=O) groups is 1. The van der Waals surface area contributed by atoms with Crippen LogP contribution < -0.4 is 4.74 Å². The van der Waals surface area contributed by atoms with Crippen molar-refractivity contribution in [2.45, 2.75) is 19.3 Å². The highest BCUT2D eigenvalue weighted by Gasteiger charge is 2.22. The van der Waals surface area contributed by atoms with Gasteiger partial charge in [-0.3, -0.25) is 14.9 Å². The molecule has 1 unspecified atom stereocenters. The predicted molar refractivity (Wildman–Crippen MR) is 87.7 cm³/mol. The molecule has 0 radical (unpaired) electrons. The monoisotopic (exact) mass is 313 g/mol. The van der Waals surface area contributed by atoms with E-state index in [9.17, 15) is 14.9 Å². The van der Waals surface area contributed by atoms with Crippen molar-refractivity contribution in [3.05, 3.63) is 75.3 Å². The van der Waals surface area contributed by atoms with E-state index in [2.05, 4.69) is 0 Å². The summed E-state index contributed by atoms with van der Waals surface area (Å²) in [6.07, 6.45) is 0.108. The molecule has 120 valence electrons. The number of methoxy groups -OCH3 is 1. The normalized spacial score (nSPS) is 11.7. The second kappa shape index (κ2) is 7.54. The van der Waals surface area contributed by atoms with Crippen molar-refractivity contribution in [2.75, 3.05) is 13.7 Å². The Labute approximate surface area is 135 Å². The molecule has 2 rings (SSSR count). The Hall–Kier alpha value is -2.69. The number of ketones is 1. The highest BCUT2D eigenvalue weighted by atomic mass is 16.6. The second-order valence-electron chi connectivity index (χ2n) is 5.48. The van der Waals surface area contributed by atoms with Gasteiger partial charge in [-0.2, -0.15) is 0 Å². The highest BCUT2D eigenvalue weighted by Crippen LogP contribution is 2.24. The van der Waals surface area contributed by atoms with Crippen molar-refractivity contribution in [3.63, 3.8) is 0 Å². The molecule has 0 spiro atoms. The molecule has 0 bridgehead atoms. The van der Waals surface area contributed by atoms with Gasteiger partial charge >= 0.3 is 0 Å². The Morgan fingerprint density at radius 3 is 2.26 bits per heavy atom. The summed E-state index contributed by atoms with van der Waals surface area (Å²) in [6.45, 7) is 1.67. The van der Waals surface area contributed by atoms with Crippen molar-refractivity contribution in [1.29, 1.82) is 0 Å². The SMILES string of the molecule is COc1ccc(C(CC(=O)c2ccc(C)cc2)C[N+](=O)[O-])cc1. The Kier molecular flexibility index (Phi) is 5.46. The summed E-state index contributed by atoms with van der Waals surface area (Å²) in [7, 11) is 1.56. The highest BCUT2D eigenvalue weighted by molar-refractivity contribution is 5.96. The number of nitrogens with zero attached hydrogens (tertiary/aromatic N) is 1. The van der Waals surface area contributed by atoms with E-state index in [-0.39, 0.29) is 23.7 Å². The molecule has 0 fully saturated rings. The Morgan fingerprint density at radius 1 is 1.13 bits per heavy atom. The summed E-state index contributed by atoms with van der Waals surface area (Å²) in [4.78, 5) is 23.0. The van der Waals surface area contributed by atoms with Gasteiger partial charge in [-0.1, -0.05) is 42.0 Å². The lowest BCUT2D eigenvalue weighted by atomic mass is 9.91. The van der Waals surface area contributed by atoms with Gasteiger partial charge in [0, 0.05) is 16.9 Å². The average Bonchev–Trinajstić information content (AvgIpc) is 2.54. The van der Waals surface area contributed by atoms with Gasteiger partial charge in [0.2, 0.25) is 6.54 Å². The van der Waals surface area contributed by atoms with Crippen LogP contribution in [0.15, 0.2) is 48.5 Å². The maximum atomic E-state index is 12.4. The number of hydrogen-bond acceptors (Lipinski definition) is 4. The van der Waals surface area contributed by atoms with Crippen LogP contribution in [0.3, 0.4) is 0 Å². The molecular formula is C18H19NO4. The van der Waals surface area contributed by atoms with Crippen molar-refractivity contribution < 1.29 is 14.5 Å². The predicted octanol–water partition coefficient (Wildman–Crippen LogP) is 3.64. The van der Waals surface area contributed by atoms with Crippen LogP contribution in [0.5, 0.6) is 5.75 Å². The zero-order chi connectivity index (χ0) is 16.8. The summed E-state index contributed by atoms with van der Waals surface area (Å²) >= 11 is 0. The van der Waals surface area contributed by atoms with Crippen LogP contribution in [-0.4, -0.2) is 24.4 Å².